The second-order valence-electron chi connectivity index (χ2n) is 5.21. The molecule has 1 amide bonds. The lowest BCUT2D eigenvalue weighted by Gasteiger charge is -2.32. The Morgan fingerprint density at radius 3 is 2.78 bits per heavy atom. The molecule has 1 unspecified atom stereocenters. The van der Waals surface area contributed by atoms with Crippen LogP contribution in [-0.2, 0) is 14.3 Å². The van der Waals surface area contributed by atoms with Gasteiger partial charge in [0.05, 0.1) is 17.9 Å². The number of carbonyl (C=O) groups excluding carboxylic acids is 1. The maximum Gasteiger partial charge on any atom is 0.307 e. The number of carboxylic acids is 1. The number of rotatable bonds is 5. The largest absolute Gasteiger partial charge is 0.481 e. The molecule has 3 atom stereocenters. The van der Waals surface area contributed by atoms with Gasteiger partial charge in [0.15, 0.2) is 0 Å². The Hall–Kier alpha value is -1.10. The molecule has 0 aromatic heterocycles. The Morgan fingerprint density at radius 2 is 2.17 bits per heavy atom. The third-order valence-electron chi connectivity index (χ3n) is 3.67. The van der Waals surface area contributed by atoms with Crippen LogP contribution < -0.4 is 0 Å². The monoisotopic (exact) mass is 255 g/mol. The third-order valence-corrected chi connectivity index (χ3v) is 3.67. The molecule has 1 saturated carbocycles. The van der Waals surface area contributed by atoms with Crippen molar-refractivity contribution in [3.63, 3.8) is 0 Å². The predicted molar refractivity (Wildman–Crippen MR) is 65.1 cm³/mol. The predicted octanol–water partition coefficient (Wildman–Crippen LogP) is 1.12. The van der Waals surface area contributed by atoms with Gasteiger partial charge in [0.25, 0.3) is 0 Å². The first-order valence-electron chi connectivity index (χ1n) is 6.76. The minimum Gasteiger partial charge on any atom is -0.481 e. The molecule has 18 heavy (non-hydrogen) atoms. The molecule has 1 saturated heterocycles. The van der Waals surface area contributed by atoms with E-state index >= 15 is 0 Å². The second kappa shape index (κ2) is 5.69. The van der Waals surface area contributed by atoms with Crippen molar-refractivity contribution < 1.29 is 19.4 Å². The fourth-order valence-electron chi connectivity index (χ4n) is 2.53. The molecule has 5 heteroatoms. The molecule has 2 aliphatic rings. The summed E-state index contributed by atoms with van der Waals surface area (Å²) >= 11 is 0. The molecule has 1 N–H and O–H groups in total. The van der Waals surface area contributed by atoms with Gasteiger partial charge in [-0.15, -0.1) is 0 Å². The van der Waals surface area contributed by atoms with Gasteiger partial charge in [-0.2, -0.15) is 0 Å². The number of nitrogens with zero attached hydrogens (tertiary/aromatic N) is 1. The minimum atomic E-state index is -0.843. The molecule has 0 aromatic carbocycles. The van der Waals surface area contributed by atoms with Gasteiger partial charge in [-0.05, 0) is 25.7 Å². The van der Waals surface area contributed by atoms with E-state index in [1.54, 1.807) is 4.90 Å². The Kier molecular flexibility index (Phi) is 4.22. The summed E-state index contributed by atoms with van der Waals surface area (Å²) in [7, 11) is 0. The number of hydrogen-bond acceptors (Lipinski definition) is 3. The summed E-state index contributed by atoms with van der Waals surface area (Å²) in [5.41, 5.74) is 0. The Labute approximate surface area is 107 Å². The van der Waals surface area contributed by atoms with Crippen LogP contribution in [0.1, 0.15) is 32.6 Å². The van der Waals surface area contributed by atoms with Crippen LogP contribution in [0.5, 0.6) is 0 Å². The van der Waals surface area contributed by atoms with Crippen LogP contribution in [0.25, 0.3) is 0 Å². The number of carbonyl (C=O) groups is 2. The van der Waals surface area contributed by atoms with Crippen molar-refractivity contribution in [2.75, 3.05) is 19.7 Å². The summed E-state index contributed by atoms with van der Waals surface area (Å²) in [5.74, 6) is -1.57. The van der Waals surface area contributed by atoms with Crippen LogP contribution in [0.2, 0.25) is 0 Å². The van der Waals surface area contributed by atoms with Crippen molar-refractivity contribution in [3.05, 3.63) is 0 Å². The lowest BCUT2D eigenvalue weighted by molar-refractivity contribution is -0.143. The van der Waals surface area contributed by atoms with Gasteiger partial charge < -0.3 is 14.7 Å². The standard InChI is InChI=1S/C13H21NO4/c1-2-6-18-9-4-3-5-14(8-9)12(15)10-7-11(10)13(16)17/h9-11H,2-8H2,1H3,(H,16,17)/t9?,10-,11+/m1/s1. The molecule has 0 spiro atoms. The number of likely N-dealkylation sites (tertiary alicyclic amines) is 1. The van der Waals surface area contributed by atoms with E-state index in [-0.39, 0.29) is 17.9 Å². The maximum absolute atomic E-state index is 12.1. The van der Waals surface area contributed by atoms with Crippen LogP contribution >= 0.6 is 0 Å². The molecule has 1 aliphatic carbocycles. The van der Waals surface area contributed by atoms with Gasteiger partial charge in [0, 0.05) is 19.7 Å². The zero-order valence-corrected chi connectivity index (χ0v) is 10.8. The number of aliphatic carboxylic acids is 1. The zero-order chi connectivity index (χ0) is 13.1. The lowest BCUT2D eigenvalue weighted by atomic mass is 10.1. The summed E-state index contributed by atoms with van der Waals surface area (Å²) in [6.07, 6.45) is 3.56. The number of carboxylic acid groups (broad SMARTS) is 1. The van der Waals surface area contributed by atoms with Gasteiger partial charge in [-0.1, -0.05) is 6.92 Å². The Bertz CT molecular complexity index is 331. The molecule has 102 valence electrons. The van der Waals surface area contributed by atoms with E-state index in [1.807, 2.05) is 0 Å². The van der Waals surface area contributed by atoms with Crippen molar-refractivity contribution in [1.82, 2.24) is 4.90 Å². The zero-order valence-electron chi connectivity index (χ0n) is 10.8. The molecule has 2 rings (SSSR count). The minimum absolute atomic E-state index is 0.00667. The fraction of sp³-hybridized carbons (Fsp3) is 0.846. The van der Waals surface area contributed by atoms with E-state index in [2.05, 4.69) is 6.92 Å². The van der Waals surface area contributed by atoms with E-state index in [4.69, 9.17) is 9.84 Å². The number of ether oxygens (including phenoxy) is 1. The van der Waals surface area contributed by atoms with E-state index < -0.39 is 11.9 Å². The summed E-state index contributed by atoms with van der Waals surface area (Å²) in [4.78, 5) is 24.7. The van der Waals surface area contributed by atoms with Crippen molar-refractivity contribution in [2.24, 2.45) is 11.8 Å². The highest BCUT2D eigenvalue weighted by atomic mass is 16.5. The Balaban J connectivity index is 1.82. The SMILES string of the molecule is CCCOC1CCCN(C(=O)[C@@H]2C[C@@H]2C(=O)O)C1. The summed E-state index contributed by atoms with van der Waals surface area (Å²) in [5, 5.41) is 8.84. The van der Waals surface area contributed by atoms with Crippen molar-refractivity contribution in [2.45, 2.75) is 38.7 Å². The topological polar surface area (TPSA) is 66.8 Å². The molecule has 0 aromatic rings. The van der Waals surface area contributed by atoms with Gasteiger partial charge in [-0.3, -0.25) is 9.59 Å². The number of amides is 1. The third kappa shape index (κ3) is 3.02. The Morgan fingerprint density at radius 1 is 1.39 bits per heavy atom. The molecule has 5 nitrogen and oxygen atoms in total. The fourth-order valence-corrected chi connectivity index (χ4v) is 2.53. The molecule has 1 aliphatic heterocycles. The average Bonchev–Trinajstić information content (AvgIpc) is 3.16. The van der Waals surface area contributed by atoms with Gasteiger partial charge >= 0.3 is 5.97 Å². The second-order valence-corrected chi connectivity index (χ2v) is 5.21. The summed E-state index contributed by atoms with van der Waals surface area (Å²) in [6, 6.07) is 0. The van der Waals surface area contributed by atoms with Crippen LogP contribution in [0.3, 0.4) is 0 Å². The number of piperidine rings is 1. The van der Waals surface area contributed by atoms with E-state index in [1.165, 1.54) is 0 Å². The van der Waals surface area contributed by atoms with Crippen LogP contribution in [-0.4, -0.2) is 47.7 Å². The number of hydrogen-bond donors (Lipinski definition) is 1. The van der Waals surface area contributed by atoms with Crippen molar-refractivity contribution in [3.8, 4) is 0 Å². The lowest BCUT2D eigenvalue weighted by Crippen LogP contribution is -2.44. The van der Waals surface area contributed by atoms with Gasteiger partial charge in [-0.25, -0.2) is 0 Å². The first kappa shape index (κ1) is 13.3. The normalized spacial score (nSPS) is 31.2. The molecule has 0 radical (unpaired) electrons. The quantitative estimate of drug-likeness (QED) is 0.799. The molecular weight excluding hydrogens is 234 g/mol. The van der Waals surface area contributed by atoms with Crippen LogP contribution in [0, 0.1) is 11.8 Å². The molecule has 0 bridgehead atoms. The highest BCUT2D eigenvalue weighted by Gasteiger charge is 2.50. The van der Waals surface area contributed by atoms with Crippen molar-refractivity contribution in [1.29, 1.82) is 0 Å². The van der Waals surface area contributed by atoms with E-state index in [0.717, 1.165) is 32.4 Å². The van der Waals surface area contributed by atoms with E-state index in [9.17, 15) is 9.59 Å². The molecular formula is C13H21NO4. The van der Waals surface area contributed by atoms with Gasteiger partial charge in [0.1, 0.15) is 0 Å². The summed E-state index contributed by atoms with van der Waals surface area (Å²) in [6.45, 7) is 4.16. The first-order valence-corrected chi connectivity index (χ1v) is 6.76. The van der Waals surface area contributed by atoms with Gasteiger partial charge in [0.2, 0.25) is 5.91 Å². The smallest absolute Gasteiger partial charge is 0.307 e. The first-order chi connectivity index (χ1) is 8.63. The average molecular weight is 255 g/mol. The van der Waals surface area contributed by atoms with Crippen LogP contribution in [0.15, 0.2) is 0 Å². The summed E-state index contributed by atoms with van der Waals surface area (Å²) < 4.78 is 5.68. The molecule has 2 fully saturated rings. The maximum atomic E-state index is 12.1. The van der Waals surface area contributed by atoms with Crippen LogP contribution in [0.4, 0.5) is 0 Å². The molecule has 1 heterocycles. The van der Waals surface area contributed by atoms with E-state index in [0.29, 0.717) is 13.0 Å². The van der Waals surface area contributed by atoms with Crippen molar-refractivity contribution >= 4 is 11.9 Å². The highest BCUT2D eigenvalue weighted by molar-refractivity contribution is 5.89. The highest BCUT2D eigenvalue weighted by Crippen LogP contribution is 2.40.